The summed E-state index contributed by atoms with van der Waals surface area (Å²) < 4.78 is 5.02. The second-order valence-electron chi connectivity index (χ2n) is 5.86. The molecule has 1 amide bonds. The van der Waals surface area contributed by atoms with Gasteiger partial charge in [0.25, 0.3) is 5.91 Å². The maximum Gasteiger partial charge on any atom is 0.358 e. The first kappa shape index (κ1) is 19.9. The molecule has 2 aromatic carbocycles. The third kappa shape index (κ3) is 6.07. The summed E-state index contributed by atoms with van der Waals surface area (Å²) in [6, 6.07) is 17.0. The van der Waals surface area contributed by atoms with Gasteiger partial charge >= 0.3 is 5.97 Å². The van der Waals surface area contributed by atoms with Crippen molar-refractivity contribution in [3.63, 3.8) is 0 Å². The van der Waals surface area contributed by atoms with Crippen molar-refractivity contribution in [3.8, 4) is 0 Å². The van der Waals surface area contributed by atoms with E-state index in [1.165, 1.54) is 11.3 Å². The van der Waals surface area contributed by atoms with Gasteiger partial charge < -0.3 is 15.4 Å². The average Bonchev–Trinajstić information content (AvgIpc) is 3.19. The van der Waals surface area contributed by atoms with E-state index in [2.05, 4.69) is 15.6 Å². The van der Waals surface area contributed by atoms with Crippen LogP contribution in [0.2, 0.25) is 5.02 Å². The molecule has 0 radical (unpaired) electrons. The molecule has 28 heavy (non-hydrogen) atoms. The normalized spacial score (nSPS) is 10.3. The Kier molecular flexibility index (Phi) is 7.00. The number of nitrogens with zero attached hydrogens (tertiary/aromatic N) is 1. The zero-order chi connectivity index (χ0) is 19.8. The highest BCUT2D eigenvalue weighted by atomic mass is 35.5. The molecular weight excluding hydrogens is 398 g/mol. The molecule has 1 heterocycles. The number of carbonyl (C=O) groups excluding carboxylic acids is 2. The molecule has 2 N–H and O–H groups in total. The van der Waals surface area contributed by atoms with Crippen molar-refractivity contribution in [3.05, 3.63) is 81.8 Å². The Morgan fingerprint density at radius 3 is 2.61 bits per heavy atom. The number of carbonyl (C=O) groups is 2. The summed E-state index contributed by atoms with van der Waals surface area (Å²) in [5.41, 5.74) is 2.14. The van der Waals surface area contributed by atoms with Crippen LogP contribution in [-0.4, -0.2) is 23.5 Å². The highest BCUT2D eigenvalue weighted by molar-refractivity contribution is 7.13. The van der Waals surface area contributed by atoms with E-state index in [1.807, 2.05) is 36.4 Å². The van der Waals surface area contributed by atoms with Crippen LogP contribution in [0.4, 0.5) is 5.13 Å². The van der Waals surface area contributed by atoms with E-state index in [0.717, 1.165) is 11.1 Å². The van der Waals surface area contributed by atoms with Gasteiger partial charge in [0.05, 0.1) is 0 Å². The molecule has 0 bridgehead atoms. The Hall–Kier alpha value is -2.90. The van der Waals surface area contributed by atoms with Gasteiger partial charge in [0, 0.05) is 23.5 Å². The molecule has 3 rings (SSSR count). The van der Waals surface area contributed by atoms with Gasteiger partial charge in [-0.15, -0.1) is 11.3 Å². The van der Waals surface area contributed by atoms with Crippen molar-refractivity contribution in [2.45, 2.75) is 13.1 Å². The van der Waals surface area contributed by atoms with Crippen molar-refractivity contribution in [2.75, 3.05) is 11.9 Å². The molecule has 144 valence electrons. The Morgan fingerprint density at radius 1 is 1.04 bits per heavy atom. The van der Waals surface area contributed by atoms with Gasteiger partial charge in [-0.2, -0.15) is 0 Å². The largest absolute Gasteiger partial charge is 0.451 e. The van der Waals surface area contributed by atoms with Gasteiger partial charge in [0.2, 0.25) is 0 Å². The van der Waals surface area contributed by atoms with Gasteiger partial charge in [0.15, 0.2) is 17.4 Å². The summed E-state index contributed by atoms with van der Waals surface area (Å²) in [5, 5.41) is 8.63. The van der Waals surface area contributed by atoms with E-state index in [4.69, 9.17) is 16.3 Å². The lowest BCUT2D eigenvalue weighted by Gasteiger charge is -2.06. The molecule has 0 spiro atoms. The van der Waals surface area contributed by atoms with Crippen LogP contribution < -0.4 is 10.6 Å². The topological polar surface area (TPSA) is 80.3 Å². The van der Waals surface area contributed by atoms with E-state index in [0.29, 0.717) is 23.2 Å². The molecule has 0 aliphatic rings. The number of hydrogen-bond donors (Lipinski definition) is 2. The highest BCUT2D eigenvalue weighted by Crippen LogP contribution is 2.17. The number of hydrogen-bond acceptors (Lipinski definition) is 6. The number of nitrogens with one attached hydrogen (secondary N) is 2. The van der Waals surface area contributed by atoms with Crippen LogP contribution in [0.1, 0.15) is 21.6 Å². The number of benzene rings is 2. The molecule has 6 nitrogen and oxygen atoms in total. The molecular formula is C20H18ClN3O3S. The zero-order valence-corrected chi connectivity index (χ0v) is 16.4. The van der Waals surface area contributed by atoms with Crippen molar-refractivity contribution in [1.29, 1.82) is 0 Å². The van der Waals surface area contributed by atoms with Crippen LogP contribution in [0.25, 0.3) is 0 Å². The first-order valence-electron chi connectivity index (χ1n) is 8.52. The number of thiazole rings is 1. The van der Waals surface area contributed by atoms with Gasteiger partial charge in [-0.25, -0.2) is 9.78 Å². The van der Waals surface area contributed by atoms with Gasteiger partial charge in [-0.05, 0) is 23.3 Å². The fourth-order valence-corrected chi connectivity index (χ4v) is 3.22. The maximum atomic E-state index is 12.1. The number of halogens is 1. The second kappa shape index (κ2) is 9.87. The summed E-state index contributed by atoms with van der Waals surface area (Å²) in [7, 11) is 0. The molecule has 0 saturated heterocycles. The monoisotopic (exact) mass is 415 g/mol. The summed E-state index contributed by atoms with van der Waals surface area (Å²) in [4.78, 5) is 28.1. The summed E-state index contributed by atoms with van der Waals surface area (Å²) in [6.45, 7) is 0.541. The predicted molar refractivity (Wildman–Crippen MR) is 109 cm³/mol. The zero-order valence-electron chi connectivity index (χ0n) is 14.9. The summed E-state index contributed by atoms with van der Waals surface area (Å²) >= 11 is 7.20. The minimum absolute atomic E-state index is 0.170. The lowest BCUT2D eigenvalue weighted by atomic mass is 10.2. The van der Waals surface area contributed by atoms with Crippen molar-refractivity contribution < 1.29 is 14.3 Å². The SMILES string of the molecule is O=C(COC(=O)c1csc(NCc2ccccc2)n1)NCc1cccc(Cl)c1. The van der Waals surface area contributed by atoms with Crippen LogP contribution >= 0.6 is 22.9 Å². The third-order valence-corrected chi connectivity index (χ3v) is 4.75. The summed E-state index contributed by atoms with van der Waals surface area (Å²) in [6.07, 6.45) is 0. The van der Waals surface area contributed by atoms with E-state index in [-0.39, 0.29) is 12.3 Å². The van der Waals surface area contributed by atoms with Gasteiger partial charge in [-0.3, -0.25) is 4.79 Å². The fraction of sp³-hybridized carbons (Fsp3) is 0.150. The Morgan fingerprint density at radius 2 is 1.82 bits per heavy atom. The minimum Gasteiger partial charge on any atom is -0.451 e. The molecule has 0 aliphatic carbocycles. The number of ether oxygens (including phenoxy) is 1. The van der Waals surface area contributed by atoms with Crippen LogP contribution in [0, 0.1) is 0 Å². The van der Waals surface area contributed by atoms with Crippen molar-refractivity contribution >= 4 is 39.9 Å². The highest BCUT2D eigenvalue weighted by Gasteiger charge is 2.14. The summed E-state index contributed by atoms with van der Waals surface area (Å²) in [5.74, 6) is -1.03. The number of amides is 1. The number of aromatic nitrogens is 1. The number of anilines is 1. The first-order valence-corrected chi connectivity index (χ1v) is 9.77. The smallest absolute Gasteiger partial charge is 0.358 e. The van der Waals surface area contributed by atoms with E-state index in [9.17, 15) is 9.59 Å². The van der Waals surface area contributed by atoms with Crippen LogP contribution in [-0.2, 0) is 22.6 Å². The molecule has 0 saturated carbocycles. The molecule has 0 fully saturated rings. The van der Waals surface area contributed by atoms with E-state index >= 15 is 0 Å². The second-order valence-corrected chi connectivity index (χ2v) is 7.15. The third-order valence-electron chi connectivity index (χ3n) is 3.71. The van der Waals surface area contributed by atoms with Crippen LogP contribution in [0.3, 0.4) is 0 Å². The van der Waals surface area contributed by atoms with Crippen molar-refractivity contribution in [2.24, 2.45) is 0 Å². The van der Waals surface area contributed by atoms with Gasteiger partial charge in [-0.1, -0.05) is 54.1 Å². The first-order chi connectivity index (χ1) is 13.6. The predicted octanol–water partition coefficient (Wildman–Crippen LogP) is 3.88. The minimum atomic E-state index is -0.637. The molecule has 0 unspecified atom stereocenters. The quantitative estimate of drug-likeness (QED) is 0.546. The van der Waals surface area contributed by atoms with Crippen LogP contribution in [0.5, 0.6) is 0 Å². The molecule has 1 aromatic heterocycles. The Bertz CT molecular complexity index is 947. The van der Waals surface area contributed by atoms with E-state index < -0.39 is 11.9 Å². The number of esters is 1. The fourth-order valence-electron chi connectivity index (χ4n) is 2.33. The lowest BCUT2D eigenvalue weighted by molar-refractivity contribution is -0.124. The van der Waals surface area contributed by atoms with Gasteiger partial charge in [0.1, 0.15) is 0 Å². The molecule has 0 aliphatic heterocycles. The maximum absolute atomic E-state index is 12.1. The molecule has 8 heteroatoms. The average molecular weight is 416 g/mol. The lowest BCUT2D eigenvalue weighted by Crippen LogP contribution is -2.28. The number of rotatable bonds is 8. The molecule has 3 aromatic rings. The standard InChI is InChI=1S/C20H18ClN3O3S/c21-16-8-4-7-15(9-16)11-22-18(25)12-27-19(26)17-13-28-20(24-17)23-10-14-5-2-1-3-6-14/h1-9,13H,10-12H2,(H,22,25)(H,23,24). The Balaban J connectivity index is 1.42. The van der Waals surface area contributed by atoms with E-state index in [1.54, 1.807) is 23.6 Å². The Labute approximate surface area is 171 Å². The van der Waals surface area contributed by atoms with Crippen LogP contribution in [0.15, 0.2) is 60.0 Å². The molecule has 0 atom stereocenters. The van der Waals surface area contributed by atoms with Crippen molar-refractivity contribution in [1.82, 2.24) is 10.3 Å².